The van der Waals surface area contributed by atoms with E-state index in [1.165, 1.54) is 12.1 Å². The van der Waals surface area contributed by atoms with Crippen molar-refractivity contribution in [2.24, 2.45) is 12.5 Å². The summed E-state index contributed by atoms with van der Waals surface area (Å²) in [6, 6.07) is 9.66. The molecule has 4 aromatic rings. The Bertz CT molecular complexity index is 1380. The first-order chi connectivity index (χ1) is 17.3. The van der Waals surface area contributed by atoms with Gasteiger partial charge in [-0.2, -0.15) is 13.2 Å². The van der Waals surface area contributed by atoms with Gasteiger partial charge in [0.1, 0.15) is 6.33 Å². The standard InChI is InChI=1S/C25H26F3N7S/c1-33-22(18-5-8-21-30-29-16-35(21)14-18)31-32-23(33)36-12-2-10-34-11-9-24(15-34)13-20(24)17-3-6-19(7-4-17)25(26,27)28/h3-8,14,16,20H,2,9-13,15H2,1H3. The van der Waals surface area contributed by atoms with E-state index in [0.29, 0.717) is 5.92 Å². The zero-order valence-electron chi connectivity index (χ0n) is 19.8. The maximum Gasteiger partial charge on any atom is 0.416 e. The molecule has 1 saturated carbocycles. The minimum atomic E-state index is -4.28. The number of hydrogen-bond acceptors (Lipinski definition) is 6. The largest absolute Gasteiger partial charge is 0.416 e. The molecule has 1 saturated heterocycles. The van der Waals surface area contributed by atoms with E-state index in [9.17, 15) is 13.2 Å². The Morgan fingerprint density at radius 1 is 1.08 bits per heavy atom. The van der Waals surface area contributed by atoms with E-state index in [2.05, 4.69) is 25.3 Å². The Labute approximate surface area is 210 Å². The van der Waals surface area contributed by atoms with E-state index in [0.717, 1.165) is 72.4 Å². The zero-order chi connectivity index (χ0) is 24.9. The van der Waals surface area contributed by atoms with Gasteiger partial charge in [-0.15, -0.1) is 20.4 Å². The van der Waals surface area contributed by atoms with E-state index in [1.807, 2.05) is 34.3 Å². The fourth-order valence-electron chi connectivity index (χ4n) is 5.45. The van der Waals surface area contributed by atoms with E-state index in [4.69, 9.17) is 0 Å². The molecule has 7 nitrogen and oxygen atoms in total. The van der Waals surface area contributed by atoms with Crippen molar-refractivity contribution < 1.29 is 13.2 Å². The highest BCUT2D eigenvalue weighted by molar-refractivity contribution is 7.99. The number of thioether (sulfide) groups is 1. The molecule has 36 heavy (non-hydrogen) atoms. The van der Waals surface area contributed by atoms with Crippen LogP contribution in [-0.4, -0.2) is 59.6 Å². The first kappa shape index (κ1) is 23.5. The summed E-state index contributed by atoms with van der Waals surface area (Å²) in [4.78, 5) is 2.50. The summed E-state index contributed by atoms with van der Waals surface area (Å²) < 4.78 is 42.4. The lowest BCUT2D eigenvalue weighted by Crippen LogP contribution is -2.23. The van der Waals surface area contributed by atoms with E-state index < -0.39 is 11.7 Å². The van der Waals surface area contributed by atoms with Crippen molar-refractivity contribution in [3.05, 3.63) is 60.0 Å². The fraction of sp³-hybridized carbons (Fsp3) is 0.440. The molecule has 11 heteroatoms. The number of rotatable bonds is 7. The number of pyridine rings is 1. The minimum absolute atomic E-state index is 0.247. The highest BCUT2D eigenvalue weighted by atomic mass is 32.2. The van der Waals surface area contributed by atoms with Gasteiger partial charge in [0.25, 0.3) is 0 Å². The van der Waals surface area contributed by atoms with Gasteiger partial charge >= 0.3 is 6.18 Å². The molecule has 1 aliphatic carbocycles. The van der Waals surface area contributed by atoms with Crippen molar-refractivity contribution in [2.45, 2.75) is 36.5 Å². The lowest BCUT2D eigenvalue weighted by atomic mass is 9.97. The number of nitrogens with zero attached hydrogens (tertiary/aromatic N) is 7. The molecule has 6 rings (SSSR count). The molecule has 0 N–H and O–H groups in total. The minimum Gasteiger partial charge on any atom is -0.305 e. The number of hydrogen-bond donors (Lipinski definition) is 0. The van der Waals surface area contributed by atoms with Gasteiger partial charge in [-0.05, 0) is 73.5 Å². The Morgan fingerprint density at radius 2 is 1.92 bits per heavy atom. The van der Waals surface area contributed by atoms with Crippen LogP contribution in [0.1, 0.15) is 36.3 Å². The van der Waals surface area contributed by atoms with Crippen LogP contribution in [0.2, 0.25) is 0 Å². The zero-order valence-corrected chi connectivity index (χ0v) is 20.6. The molecule has 1 aromatic carbocycles. The molecule has 3 aromatic heterocycles. The van der Waals surface area contributed by atoms with Crippen LogP contribution in [-0.2, 0) is 13.2 Å². The Morgan fingerprint density at radius 3 is 2.72 bits per heavy atom. The summed E-state index contributed by atoms with van der Waals surface area (Å²) >= 11 is 1.71. The molecule has 4 heterocycles. The predicted octanol–water partition coefficient (Wildman–Crippen LogP) is 4.91. The number of likely N-dealkylation sites (tertiary alicyclic amines) is 1. The average Bonchev–Trinajstić information content (AvgIpc) is 3.18. The van der Waals surface area contributed by atoms with Crippen LogP contribution in [0.15, 0.2) is 54.1 Å². The summed E-state index contributed by atoms with van der Waals surface area (Å²) in [5, 5.41) is 17.6. The van der Waals surface area contributed by atoms with Gasteiger partial charge in [0.05, 0.1) is 5.56 Å². The summed E-state index contributed by atoms with van der Waals surface area (Å²) in [6.07, 6.45) is 2.58. The quantitative estimate of drug-likeness (QED) is 0.259. The predicted molar refractivity (Wildman–Crippen MR) is 131 cm³/mol. The average molecular weight is 514 g/mol. The third kappa shape index (κ3) is 4.39. The molecule has 1 spiro atoms. The molecule has 2 fully saturated rings. The maximum atomic E-state index is 12.9. The van der Waals surface area contributed by atoms with Crippen LogP contribution in [0.4, 0.5) is 13.2 Å². The highest BCUT2D eigenvalue weighted by Gasteiger charge is 2.57. The summed E-state index contributed by atoms with van der Waals surface area (Å²) in [7, 11) is 1.98. The summed E-state index contributed by atoms with van der Waals surface area (Å²) in [5.74, 6) is 2.13. The van der Waals surface area contributed by atoms with Crippen LogP contribution in [0.3, 0.4) is 0 Å². The van der Waals surface area contributed by atoms with Crippen molar-refractivity contribution in [1.82, 2.24) is 34.3 Å². The molecule has 0 radical (unpaired) electrons. The van der Waals surface area contributed by atoms with E-state index >= 15 is 0 Å². The fourth-order valence-corrected chi connectivity index (χ4v) is 6.29. The van der Waals surface area contributed by atoms with Gasteiger partial charge in [-0.3, -0.25) is 4.40 Å². The first-order valence-electron chi connectivity index (χ1n) is 12.0. The van der Waals surface area contributed by atoms with Crippen molar-refractivity contribution >= 4 is 17.4 Å². The number of fused-ring (bicyclic) bond motifs is 1. The number of alkyl halides is 3. The SMILES string of the molecule is Cn1c(SCCCN2CCC3(CC3c3ccc(C(F)(F)F)cc3)C2)nnc1-c1ccc2nncn2c1. The van der Waals surface area contributed by atoms with Crippen LogP contribution in [0.5, 0.6) is 0 Å². The summed E-state index contributed by atoms with van der Waals surface area (Å²) in [5.41, 5.74) is 2.46. The van der Waals surface area contributed by atoms with Crippen molar-refractivity contribution in [1.29, 1.82) is 0 Å². The van der Waals surface area contributed by atoms with Crippen LogP contribution < -0.4 is 0 Å². The Kier molecular flexibility index (Phi) is 5.79. The molecule has 0 amide bonds. The van der Waals surface area contributed by atoms with Crippen LogP contribution >= 0.6 is 11.8 Å². The smallest absolute Gasteiger partial charge is 0.305 e. The van der Waals surface area contributed by atoms with Gasteiger partial charge in [0, 0.05) is 31.1 Å². The third-order valence-electron chi connectivity index (χ3n) is 7.53. The topological polar surface area (TPSA) is 64.1 Å². The first-order valence-corrected chi connectivity index (χ1v) is 13.0. The van der Waals surface area contributed by atoms with Gasteiger partial charge in [0.15, 0.2) is 16.6 Å². The molecule has 188 valence electrons. The van der Waals surface area contributed by atoms with Crippen molar-refractivity contribution in [3.8, 4) is 11.4 Å². The second-order valence-electron chi connectivity index (χ2n) is 9.85. The monoisotopic (exact) mass is 513 g/mol. The van der Waals surface area contributed by atoms with Crippen LogP contribution in [0, 0.1) is 5.41 Å². The van der Waals surface area contributed by atoms with E-state index in [1.54, 1.807) is 30.2 Å². The third-order valence-corrected chi connectivity index (χ3v) is 8.63. The second kappa shape index (κ2) is 8.88. The highest BCUT2D eigenvalue weighted by Crippen LogP contribution is 2.64. The molecule has 1 aliphatic heterocycles. The molecular formula is C25H26F3N7S. The lowest BCUT2D eigenvalue weighted by molar-refractivity contribution is -0.137. The maximum absolute atomic E-state index is 12.9. The molecule has 2 atom stereocenters. The van der Waals surface area contributed by atoms with Crippen molar-refractivity contribution in [2.75, 3.05) is 25.4 Å². The number of benzene rings is 1. The molecule has 2 aliphatic rings. The Balaban J connectivity index is 0.990. The van der Waals surface area contributed by atoms with Gasteiger partial charge < -0.3 is 9.47 Å². The number of aromatic nitrogens is 6. The van der Waals surface area contributed by atoms with Crippen LogP contribution in [0.25, 0.3) is 17.0 Å². The normalized spacial score (nSPS) is 22.2. The molecule has 0 bridgehead atoms. The van der Waals surface area contributed by atoms with Gasteiger partial charge in [-0.25, -0.2) is 0 Å². The van der Waals surface area contributed by atoms with Crippen molar-refractivity contribution in [3.63, 3.8) is 0 Å². The van der Waals surface area contributed by atoms with Gasteiger partial charge in [0.2, 0.25) is 0 Å². The Hall–Kier alpha value is -2.92. The van der Waals surface area contributed by atoms with Gasteiger partial charge in [-0.1, -0.05) is 23.9 Å². The number of halogens is 3. The lowest BCUT2D eigenvalue weighted by Gasteiger charge is -2.16. The molecule has 2 unspecified atom stereocenters. The summed E-state index contributed by atoms with van der Waals surface area (Å²) in [6.45, 7) is 3.11. The molecular weight excluding hydrogens is 487 g/mol. The van der Waals surface area contributed by atoms with E-state index in [-0.39, 0.29) is 5.41 Å². The second-order valence-corrected chi connectivity index (χ2v) is 10.9.